The molecule has 2 aliphatic rings. The second kappa shape index (κ2) is 12.7. The summed E-state index contributed by atoms with van der Waals surface area (Å²) in [4.78, 5) is 29.8. The van der Waals surface area contributed by atoms with Crippen molar-refractivity contribution in [3.8, 4) is 0 Å². The molecule has 2 amide bonds. The Morgan fingerprint density at radius 2 is 1.65 bits per heavy atom. The molecule has 2 aromatic rings. The molecule has 0 bridgehead atoms. The maximum Gasteiger partial charge on any atom is 0.254 e. The van der Waals surface area contributed by atoms with Gasteiger partial charge in [0.25, 0.3) is 5.91 Å². The van der Waals surface area contributed by atoms with Crippen LogP contribution in [-0.4, -0.2) is 35.3 Å². The molecule has 0 aromatic heterocycles. The van der Waals surface area contributed by atoms with Gasteiger partial charge >= 0.3 is 0 Å². The molecule has 194 valence electrons. The number of rotatable bonds is 9. The van der Waals surface area contributed by atoms with Crippen LogP contribution in [-0.2, 0) is 11.2 Å². The molecule has 4 rings (SSSR count). The van der Waals surface area contributed by atoms with Gasteiger partial charge in [-0.15, -0.1) is 0 Å². The Balaban J connectivity index is 1.68. The van der Waals surface area contributed by atoms with Gasteiger partial charge in [-0.25, -0.2) is 0 Å². The van der Waals surface area contributed by atoms with Crippen molar-refractivity contribution in [2.75, 3.05) is 6.54 Å². The monoisotopic (exact) mass is 496 g/mol. The second-order valence-corrected chi connectivity index (χ2v) is 10.3. The molecular weight excluding hydrogens is 456 g/mol. The molecular formula is C33H40N2O2. The Hall–Kier alpha value is -3.40. The lowest BCUT2D eigenvalue weighted by Crippen LogP contribution is -2.56. The fraction of sp³-hybridized carbons (Fsp3) is 0.394. The van der Waals surface area contributed by atoms with E-state index in [1.807, 2.05) is 53.4 Å². The first-order valence-electron chi connectivity index (χ1n) is 13.7. The smallest absolute Gasteiger partial charge is 0.254 e. The van der Waals surface area contributed by atoms with Crippen LogP contribution in [0.2, 0.25) is 0 Å². The van der Waals surface area contributed by atoms with Crippen molar-refractivity contribution in [1.29, 1.82) is 0 Å². The van der Waals surface area contributed by atoms with Crippen LogP contribution in [0.3, 0.4) is 0 Å². The highest BCUT2D eigenvalue weighted by atomic mass is 16.2. The SMILES string of the molecule is CC/C(C)=C/C=C\C=C(/C)[C@H]1[C@H](C(=O)NCCc2ccccc2)c2ccccc2C(=O)N1C1CCCC1. The van der Waals surface area contributed by atoms with Crippen molar-refractivity contribution >= 4 is 11.8 Å². The quantitative estimate of drug-likeness (QED) is 0.390. The minimum Gasteiger partial charge on any atom is -0.355 e. The van der Waals surface area contributed by atoms with Crippen LogP contribution in [0.15, 0.2) is 90.0 Å². The highest BCUT2D eigenvalue weighted by molar-refractivity contribution is 6.01. The van der Waals surface area contributed by atoms with Crippen molar-refractivity contribution in [3.63, 3.8) is 0 Å². The first-order valence-corrected chi connectivity index (χ1v) is 13.7. The van der Waals surface area contributed by atoms with E-state index in [4.69, 9.17) is 0 Å². The largest absolute Gasteiger partial charge is 0.355 e. The lowest BCUT2D eigenvalue weighted by molar-refractivity contribution is -0.123. The van der Waals surface area contributed by atoms with E-state index in [-0.39, 0.29) is 23.9 Å². The van der Waals surface area contributed by atoms with E-state index in [0.29, 0.717) is 12.1 Å². The third-order valence-corrected chi connectivity index (χ3v) is 7.81. The van der Waals surface area contributed by atoms with E-state index in [0.717, 1.165) is 49.7 Å². The van der Waals surface area contributed by atoms with Crippen molar-refractivity contribution < 1.29 is 9.59 Å². The zero-order valence-electron chi connectivity index (χ0n) is 22.5. The van der Waals surface area contributed by atoms with Crippen molar-refractivity contribution in [2.24, 2.45) is 0 Å². The summed E-state index contributed by atoms with van der Waals surface area (Å²) in [6.07, 6.45) is 14.3. The van der Waals surface area contributed by atoms with Gasteiger partial charge in [-0.3, -0.25) is 9.59 Å². The Kier molecular flexibility index (Phi) is 9.16. The first-order chi connectivity index (χ1) is 18.0. The highest BCUT2D eigenvalue weighted by Crippen LogP contribution is 2.41. The Labute approximate surface area is 222 Å². The number of nitrogens with zero attached hydrogens (tertiary/aromatic N) is 1. The summed E-state index contributed by atoms with van der Waals surface area (Å²) in [5.41, 5.74) is 5.05. The second-order valence-electron chi connectivity index (χ2n) is 10.3. The minimum atomic E-state index is -0.442. The molecule has 2 aromatic carbocycles. The molecule has 1 heterocycles. The van der Waals surface area contributed by atoms with Crippen LogP contribution in [0.5, 0.6) is 0 Å². The van der Waals surface area contributed by atoms with E-state index in [9.17, 15) is 9.59 Å². The van der Waals surface area contributed by atoms with Crippen molar-refractivity contribution in [2.45, 2.75) is 77.3 Å². The summed E-state index contributed by atoms with van der Waals surface area (Å²) in [6, 6.07) is 17.8. The Morgan fingerprint density at radius 1 is 0.973 bits per heavy atom. The van der Waals surface area contributed by atoms with Gasteiger partial charge in [0.2, 0.25) is 5.91 Å². The van der Waals surface area contributed by atoms with Crippen LogP contribution >= 0.6 is 0 Å². The van der Waals surface area contributed by atoms with E-state index in [1.165, 1.54) is 11.1 Å². The maximum absolute atomic E-state index is 13.9. The summed E-state index contributed by atoms with van der Waals surface area (Å²) in [7, 11) is 0. The van der Waals surface area contributed by atoms with Gasteiger partial charge in [0.1, 0.15) is 0 Å². The minimum absolute atomic E-state index is 0.0117. The molecule has 2 atom stereocenters. The van der Waals surface area contributed by atoms with E-state index in [2.05, 4.69) is 56.4 Å². The molecule has 1 aliphatic carbocycles. The van der Waals surface area contributed by atoms with Gasteiger partial charge in [-0.2, -0.15) is 0 Å². The van der Waals surface area contributed by atoms with Crippen LogP contribution in [0.25, 0.3) is 0 Å². The van der Waals surface area contributed by atoms with Crippen molar-refractivity contribution in [3.05, 3.63) is 107 Å². The average Bonchev–Trinajstić information content (AvgIpc) is 3.45. The average molecular weight is 497 g/mol. The summed E-state index contributed by atoms with van der Waals surface area (Å²) in [6.45, 7) is 6.90. The van der Waals surface area contributed by atoms with Crippen molar-refractivity contribution in [1.82, 2.24) is 10.2 Å². The molecule has 37 heavy (non-hydrogen) atoms. The van der Waals surface area contributed by atoms with E-state index >= 15 is 0 Å². The molecule has 0 saturated heterocycles. The highest BCUT2D eigenvalue weighted by Gasteiger charge is 2.46. The fourth-order valence-electron chi connectivity index (χ4n) is 5.63. The third kappa shape index (κ3) is 6.30. The summed E-state index contributed by atoms with van der Waals surface area (Å²) >= 11 is 0. The lowest BCUT2D eigenvalue weighted by Gasteiger charge is -2.45. The van der Waals surface area contributed by atoms with Gasteiger partial charge in [-0.1, -0.05) is 98.2 Å². The number of benzene rings is 2. The molecule has 0 radical (unpaired) electrons. The molecule has 1 fully saturated rings. The lowest BCUT2D eigenvalue weighted by atomic mass is 9.78. The van der Waals surface area contributed by atoms with Crippen LogP contribution in [0, 0.1) is 0 Å². The Bertz CT molecular complexity index is 1170. The molecule has 1 N–H and O–H groups in total. The Morgan fingerprint density at radius 3 is 2.38 bits per heavy atom. The normalized spacial score (nSPS) is 20.9. The third-order valence-electron chi connectivity index (χ3n) is 7.81. The topological polar surface area (TPSA) is 49.4 Å². The van der Waals surface area contributed by atoms with Crippen LogP contribution in [0.1, 0.15) is 80.3 Å². The van der Waals surface area contributed by atoms with E-state index in [1.54, 1.807) is 0 Å². The van der Waals surface area contributed by atoms with Gasteiger partial charge in [0, 0.05) is 18.2 Å². The molecule has 4 nitrogen and oxygen atoms in total. The van der Waals surface area contributed by atoms with Gasteiger partial charge < -0.3 is 10.2 Å². The maximum atomic E-state index is 13.9. The van der Waals surface area contributed by atoms with Gasteiger partial charge in [0.15, 0.2) is 0 Å². The summed E-state index contributed by atoms with van der Waals surface area (Å²) in [5.74, 6) is -0.399. The molecule has 1 saturated carbocycles. The number of allylic oxidation sites excluding steroid dienone is 5. The number of hydrogen-bond acceptors (Lipinski definition) is 2. The predicted molar refractivity (Wildman–Crippen MR) is 151 cm³/mol. The summed E-state index contributed by atoms with van der Waals surface area (Å²) < 4.78 is 0. The van der Waals surface area contributed by atoms with Gasteiger partial charge in [0.05, 0.1) is 12.0 Å². The molecule has 1 aliphatic heterocycles. The van der Waals surface area contributed by atoms with Crippen LogP contribution < -0.4 is 5.32 Å². The summed E-state index contributed by atoms with van der Waals surface area (Å²) in [5, 5.41) is 3.21. The number of carbonyl (C=O) groups is 2. The predicted octanol–water partition coefficient (Wildman–Crippen LogP) is 6.75. The zero-order valence-corrected chi connectivity index (χ0v) is 22.5. The number of amides is 2. The number of hydrogen-bond donors (Lipinski definition) is 1. The number of nitrogens with one attached hydrogen (secondary N) is 1. The molecule has 4 heteroatoms. The molecule has 0 unspecified atom stereocenters. The fourth-order valence-corrected chi connectivity index (χ4v) is 5.63. The number of fused-ring (bicyclic) bond motifs is 1. The standard InChI is InChI=1S/C33H40N2O2/c1-4-24(2)14-8-9-15-25(3)31-30(32(36)34-23-22-26-16-6-5-7-17-26)28-20-12-13-21-29(28)33(37)35(31)27-18-10-11-19-27/h5-9,12-17,20-21,27,30-31H,4,10-11,18-19,22-23H2,1-3H3,(H,34,36)/b9-8-,24-14+,25-15+/t30-,31+/m1/s1. The number of carbonyl (C=O) groups excluding carboxylic acids is 2. The van der Waals surface area contributed by atoms with Crippen LogP contribution in [0.4, 0.5) is 0 Å². The zero-order chi connectivity index (χ0) is 26.2. The first kappa shape index (κ1) is 26.7. The van der Waals surface area contributed by atoms with E-state index < -0.39 is 5.92 Å². The molecule has 0 spiro atoms. The van der Waals surface area contributed by atoms with Gasteiger partial charge in [-0.05, 0) is 62.3 Å².